The number of hydrogen-bond acceptors (Lipinski definition) is 4. The Morgan fingerprint density at radius 3 is 2.80 bits per heavy atom. The van der Waals surface area contributed by atoms with Crippen molar-refractivity contribution in [2.75, 3.05) is 17.4 Å². The Labute approximate surface area is 93.9 Å². The second-order valence-electron chi connectivity index (χ2n) is 3.41. The number of nitrogens with zero attached hydrogens (tertiary/aromatic N) is 1. The molecule has 0 aromatic heterocycles. The molecule has 0 unspecified atom stereocenters. The molecule has 15 heavy (non-hydrogen) atoms. The Balaban J connectivity index is 2.73. The van der Waals surface area contributed by atoms with Crippen LogP contribution in [0.3, 0.4) is 0 Å². The highest BCUT2D eigenvalue weighted by atomic mass is 32.2. The lowest BCUT2D eigenvalue weighted by atomic mass is 10.4. The van der Waals surface area contributed by atoms with Gasteiger partial charge in [0.05, 0.1) is 11.6 Å². The predicted molar refractivity (Wildman–Crippen MR) is 59.3 cm³/mol. The number of sulfonamides is 1. The molecule has 5 nitrogen and oxygen atoms in total. The van der Waals surface area contributed by atoms with Crippen LogP contribution in [0.4, 0.5) is 0 Å². The van der Waals surface area contributed by atoms with Gasteiger partial charge in [0.15, 0.2) is 0 Å². The maximum Gasteiger partial charge on any atom is 0.322 e. The van der Waals surface area contributed by atoms with Crippen LogP contribution in [-0.2, 0) is 14.8 Å². The molecule has 1 rings (SSSR count). The van der Waals surface area contributed by atoms with Crippen molar-refractivity contribution in [1.82, 2.24) is 4.31 Å². The van der Waals surface area contributed by atoms with Crippen molar-refractivity contribution in [3.63, 3.8) is 0 Å². The van der Waals surface area contributed by atoms with E-state index in [0.29, 0.717) is 12.2 Å². The number of carboxylic acid groups (broad SMARTS) is 1. The fourth-order valence-electron chi connectivity index (χ4n) is 1.34. The Bertz CT molecular complexity index is 328. The summed E-state index contributed by atoms with van der Waals surface area (Å²) in [4.78, 5) is 10.8. The van der Waals surface area contributed by atoms with Crippen molar-refractivity contribution >= 4 is 27.8 Å². The quantitative estimate of drug-likeness (QED) is 0.775. The molecular weight excluding hydrogens is 238 g/mol. The van der Waals surface area contributed by atoms with Gasteiger partial charge in [-0.1, -0.05) is 13.3 Å². The molecule has 0 saturated carbocycles. The second kappa shape index (κ2) is 5.18. The zero-order valence-electron chi connectivity index (χ0n) is 8.55. The molecule has 0 spiro atoms. The first-order chi connectivity index (χ1) is 6.99. The third kappa shape index (κ3) is 3.09. The van der Waals surface area contributed by atoms with Crippen molar-refractivity contribution in [1.29, 1.82) is 0 Å². The van der Waals surface area contributed by atoms with Gasteiger partial charge in [0, 0.05) is 5.75 Å². The molecule has 0 radical (unpaired) electrons. The molecule has 1 fully saturated rings. The fraction of sp³-hybridized carbons (Fsp3) is 0.875. The van der Waals surface area contributed by atoms with Gasteiger partial charge in [-0.05, 0) is 6.42 Å². The normalized spacial score (nSPS) is 23.1. The lowest BCUT2D eigenvalue weighted by molar-refractivity contribution is -0.140. The number of aliphatic carboxylic acids is 1. The summed E-state index contributed by atoms with van der Waals surface area (Å²) in [6, 6.07) is -0.878. The molecule has 1 aliphatic heterocycles. The third-order valence-corrected chi connectivity index (χ3v) is 5.32. The average Bonchev–Trinajstić information content (AvgIpc) is 2.63. The van der Waals surface area contributed by atoms with E-state index in [1.807, 2.05) is 6.92 Å². The molecule has 1 N–H and O–H groups in total. The summed E-state index contributed by atoms with van der Waals surface area (Å²) < 4.78 is 24.6. The van der Waals surface area contributed by atoms with Crippen LogP contribution in [0.25, 0.3) is 0 Å². The molecule has 88 valence electrons. The monoisotopic (exact) mass is 253 g/mol. The molecule has 1 saturated heterocycles. The molecule has 7 heteroatoms. The molecule has 0 bridgehead atoms. The van der Waals surface area contributed by atoms with Crippen LogP contribution in [0.2, 0.25) is 0 Å². The van der Waals surface area contributed by atoms with Crippen LogP contribution < -0.4 is 0 Å². The summed E-state index contributed by atoms with van der Waals surface area (Å²) in [5.74, 6) is -0.391. The van der Waals surface area contributed by atoms with Crippen LogP contribution in [0.15, 0.2) is 0 Å². The first-order valence-electron chi connectivity index (χ1n) is 4.79. The van der Waals surface area contributed by atoms with Crippen molar-refractivity contribution in [3.05, 3.63) is 0 Å². The standard InChI is InChI=1S/C8H15NO4S2/c1-2-3-4-15(12,13)9-6-14-5-7(9)8(10)11/h7H,2-6H2,1H3,(H,10,11)/t7-/m0/s1. The van der Waals surface area contributed by atoms with E-state index in [0.717, 1.165) is 10.7 Å². The number of unbranched alkanes of at least 4 members (excludes halogenated alkanes) is 1. The highest BCUT2D eigenvalue weighted by Gasteiger charge is 2.38. The molecule has 0 aromatic carbocycles. The zero-order valence-corrected chi connectivity index (χ0v) is 10.2. The molecular formula is C8H15NO4S2. The van der Waals surface area contributed by atoms with Gasteiger partial charge < -0.3 is 5.11 Å². The lowest BCUT2D eigenvalue weighted by Crippen LogP contribution is -2.42. The average molecular weight is 253 g/mol. The lowest BCUT2D eigenvalue weighted by Gasteiger charge is -2.19. The molecule has 1 aliphatic rings. The van der Waals surface area contributed by atoms with E-state index in [2.05, 4.69) is 0 Å². The summed E-state index contributed by atoms with van der Waals surface area (Å²) in [5.41, 5.74) is 0. The van der Waals surface area contributed by atoms with Gasteiger partial charge in [0.1, 0.15) is 6.04 Å². The topological polar surface area (TPSA) is 74.7 Å². The van der Waals surface area contributed by atoms with E-state index in [1.165, 1.54) is 11.8 Å². The van der Waals surface area contributed by atoms with Gasteiger partial charge >= 0.3 is 5.97 Å². The van der Waals surface area contributed by atoms with Gasteiger partial charge in [-0.25, -0.2) is 8.42 Å². The Hall–Kier alpha value is -0.270. The van der Waals surface area contributed by atoms with Gasteiger partial charge in [-0.15, -0.1) is 11.8 Å². The maximum atomic E-state index is 11.8. The number of carboxylic acids is 1. The van der Waals surface area contributed by atoms with Gasteiger partial charge in [0.25, 0.3) is 0 Å². The van der Waals surface area contributed by atoms with Crippen LogP contribution in [0.5, 0.6) is 0 Å². The fourth-order valence-corrected chi connectivity index (χ4v) is 4.75. The molecule has 1 heterocycles. The largest absolute Gasteiger partial charge is 0.480 e. The number of thioether (sulfide) groups is 1. The number of carbonyl (C=O) groups is 1. The number of hydrogen-bond donors (Lipinski definition) is 1. The summed E-state index contributed by atoms with van der Waals surface area (Å²) in [6.45, 7) is 1.91. The molecule has 1 atom stereocenters. The van der Waals surface area contributed by atoms with E-state index in [9.17, 15) is 13.2 Å². The highest BCUT2D eigenvalue weighted by molar-refractivity contribution is 8.00. The smallest absolute Gasteiger partial charge is 0.322 e. The predicted octanol–water partition coefficient (Wildman–Crippen LogP) is 0.576. The van der Waals surface area contributed by atoms with Gasteiger partial charge in [0.2, 0.25) is 10.0 Å². The highest BCUT2D eigenvalue weighted by Crippen LogP contribution is 2.24. The molecule has 0 amide bonds. The third-order valence-electron chi connectivity index (χ3n) is 2.24. The molecule has 0 aromatic rings. The minimum Gasteiger partial charge on any atom is -0.480 e. The van der Waals surface area contributed by atoms with Crippen molar-refractivity contribution in [2.24, 2.45) is 0 Å². The van der Waals surface area contributed by atoms with E-state index in [1.54, 1.807) is 0 Å². The zero-order chi connectivity index (χ0) is 11.5. The van der Waals surface area contributed by atoms with Gasteiger partial charge in [-0.2, -0.15) is 4.31 Å². The Kier molecular flexibility index (Phi) is 4.42. The van der Waals surface area contributed by atoms with Crippen LogP contribution in [0, 0.1) is 0 Å². The summed E-state index contributed by atoms with van der Waals surface area (Å²) in [6.07, 6.45) is 1.37. The van der Waals surface area contributed by atoms with Crippen molar-refractivity contribution in [3.8, 4) is 0 Å². The van der Waals surface area contributed by atoms with Crippen LogP contribution >= 0.6 is 11.8 Å². The Morgan fingerprint density at radius 2 is 2.27 bits per heavy atom. The SMILES string of the molecule is CCCCS(=O)(=O)N1CSC[C@H]1C(=O)O. The molecule has 0 aliphatic carbocycles. The minimum absolute atomic E-state index is 0.0494. The van der Waals surface area contributed by atoms with Crippen molar-refractivity contribution in [2.45, 2.75) is 25.8 Å². The minimum atomic E-state index is -3.38. The number of rotatable bonds is 5. The maximum absolute atomic E-state index is 11.8. The van der Waals surface area contributed by atoms with Gasteiger partial charge in [-0.3, -0.25) is 4.79 Å². The summed E-state index contributed by atoms with van der Waals surface area (Å²) in [5, 5.41) is 8.85. The summed E-state index contributed by atoms with van der Waals surface area (Å²) in [7, 11) is -3.38. The first kappa shape index (κ1) is 12.8. The summed E-state index contributed by atoms with van der Waals surface area (Å²) >= 11 is 1.34. The Morgan fingerprint density at radius 1 is 1.60 bits per heavy atom. The van der Waals surface area contributed by atoms with Crippen molar-refractivity contribution < 1.29 is 18.3 Å². The van der Waals surface area contributed by atoms with E-state index < -0.39 is 22.0 Å². The van der Waals surface area contributed by atoms with E-state index >= 15 is 0 Å². The second-order valence-corrected chi connectivity index (χ2v) is 6.45. The van der Waals surface area contributed by atoms with Crippen LogP contribution in [-0.4, -0.2) is 47.2 Å². The van der Waals surface area contributed by atoms with E-state index in [-0.39, 0.29) is 11.6 Å². The first-order valence-corrected chi connectivity index (χ1v) is 7.55. The van der Waals surface area contributed by atoms with Crippen LogP contribution in [0.1, 0.15) is 19.8 Å². The van der Waals surface area contributed by atoms with E-state index in [4.69, 9.17) is 5.11 Å².